The van der Waals surface area contributed by atoms with Crippen LogP contribution < -0.4 is 18.9 Å². The minimum Gasteiger partial charge on any atom is -0.803 e. The molecule has 1 rings (SSSR count). The van der Waals surface area contributed by atoms with Gasteiger partial charge in [0.1, 0.15) is 0 Å². The summed E-state index contributed by atoms with van der Waals surface area (Å²) in [7, 11) is 0. The zero-order valence-electron chi connectivity index (χ0n) is 5.89. The third-order valence-corrected chi connectivity index (χ3v) is 6.00. The average molecular weight is 319 g/mol. The monoisotopic (exact) mass is 320 g/mol. The topological polar surface area (TPSA) is 0 Å². The van der Waals surface area contributed by atoms with E-state index in [1.165, 1.54) is 0 Å². The summed E-state index contributed by atoms with van der Waals surface area (Å²) in [4.78, 5) is 0. The second-order valence-electron chi connectivity index (χ2n) is 1.27. The van der Waals surface area contributed by atoms with Crippen molar-refractivity contribution < 1.29 is 18.9 Å². The van der Waals surface area contributed by atoms with Crippen LogP contribution in [0.15, 0.2) is 0 Å². The van der Waals surface area contributed by atoms with Gasteiger partial charge in [0, 0.05) is 0 Å². The number of rotatable bonds is 0. The van der Waals surface area contributed by atoms with Gasteiger partial charge in [-0.3, -0.25) is 34.4 Å². The summed E-state index contributed by atoms with van der Waals surface area (Å²) >= 11 is 20.0. The van der Waals surface area contributed by atoms with Crippen LogP contribution in [0, 0.1) is 0 Å². The molecule has 1 heterocycles. The molecule has 11 heavy (non-hydrogen) atoms. The van der Waals surface area contributed by atoms with E-state index in [-0.39, 0.29) is 78.0 Å². The molecule has 0 N–H and O–H groups in total. The van der Waals surface area contributed by atoms with Crippen molar-refractivity contribution in [1.82, 2.24) is 0 Å². The molecule has 0 nitrogen and oxygen atoms in total. The van der Waals surface area contributed by atoms with Crippen LogP contribution in [0.5, 0.6) is 0 Å². The van der Waals surface area contributed by atoms with Gasteiger partial charge in [-0.2, -0.15) is 0 Å². The van der Waals surface area contributed by atoms with Gasteiger partial charge in [-0.1, -0.05) is 0 Å². The summed E-state index contributed by atoms with van der Waals surface area (Å²) in [5.41, 5.74) is 0. The second-order valence-corrected chi connectivity index (χ2v) is 9.02. The van der Waals surface area contributed by atoms with Gasteiger partial charge in [0.25, 0.3) is 0 Å². The average Bonchev–Trinajstić information content (AvgIpc) is 1.59. The molecule has 0 bridgehead atoms. The van der Waals surface area contributed by atoms with Crippen LogP contribution in [0.3, 0.4) is 0 Å². The molecule has 0 unspecified atom stereocenters. The Morgan fingerprint density at radius 3 is 1.09 bits per heavy atom. The van der Waals surface area contributed by atoms with Crippen LogP contribution in [-0.2, 0) is 37.4 Å². The van der Waals surface area contributed by atoms with Crippen molar-refractivity contribution in [1.29, 1.82) is 0 Å². The molecule has 1 saturated heterocycles. The van der Waals surface area contributed by atoms with Gasteiger partial charge in [0.15, 0.2) is 0 Å². The third-order valence-electron chi connectivity index (χ3n) is 0.667. The molecule has 0 aromatic carbocycles. The maximum absolute atomic E-state index is 5.02. The molecule has 0 aromatic heterocycles. The first-order chi connectivity index (χ1) is 4.18. The van der Waals surface area contributed by atoms with Crippen LogP contribution in [0.1, 0.15) is 0 Å². The van der Waals surface area contributed by atoms with Crippen LogP contribution >= 0.6 is 34.4 Å². The molecule has 1 aliphatic heterocycles. The fourth-order valence-corrected chi connectivity index (χ4v) is 8.21. The van der Waals surface area contributed by atoms with Crippen molar-refractivity contribution in [2.75, 3.05) is 0 Å². The van der Waals surface area contributed by atoms with E-state index >= 15 is 0 Å². The number of hydrogen-bond donors (Lipinski definition) is 0. The summed E-state index contributed by atoms with van der Waals surface area (Å²) in [6.07, 6.45) is 0. The summed E-state index contributed by atoms with van der Waals surface area (Å²) in [5, 5.41) is 0. The SMILES string of the molecule is [Li+].[S-]B1SB([S-])SB([S-])S1.[Sr+2]. The van der Waals surface area contributed by atoms with E-state index < -0.39 is 0 Å². The summed E-state index contributed by atoms with van der Waals surface area (Å²) in [5.74, 6) is 0. The van der Waals surface area contributed by atoms with Gasteiger partial charge in [-0.25, -0.2) is 0 Å². The van der Waals surface area contributed by atoms with Gasteiger partial charge in [0.05, 0.1) is 13.6 Å². The van der Waals surface area contributed by atoms with E-state index in [4.69, 9.17) is 37.4 Å². The first-order valence-electron chi connectivity index (χ1n) is 2.12. The van der Waals surface area contributed by atoms with Crippen molar-refractivity contribution in [3.8, 4) is 0 Å². The number of hydrogen-bond acceptors (Lipinski definition) is 6. The van der Waals surface area contributed by atoms with Crippen LogP contribution in [0.2, 0.25) is 0 Å². The molecule has 0 amide bonds. The summed E-state index contributed by atoms with van der Waals surface area (Å²) < 4.78 is 0.531. The third kappa shape index (κ3) is 8.21. The molecule has 0 atom stereocenters. The van der Waals surface area contributed by atoms with Gasteiger partial charge >= 0.3 is 64.3 Å². The first kappa shape index (κ1) is 17.8. The van der Waals surface area contributed by atoms with E-state index in [1.807, 2.05) is 0 Å². The Kier molecular flexibility index (Phi) is 15.5. The molecule has 48 valence electrons. The fraction of sp³-hybridized carbons (Fsp3) is 0. The van der Waals surface area contributed by atoms with Gasteiger partial charge in [-0.05, 0) is 0 Å². The Morgan fingerprint density at radius 1 is 0.727 bits per heavy atom. The van der Waals surface area contributed by atoms with Crippen molar-refractivity contribution in [2.45, 2.75) is 0 Å². The summed E-state index contributed by atoms with van der Waals surface area (Å²) in [6.45, 7) is 0. The van der Waals surface area contributed by atoms with Gasteiger partial charge < -0.3 is 37.4 Å². The Labute approximate surface area is 146 Å². The van der Waals surface area contributed by atoms with Crippen LogP contribution in [0.25, 0.3) is 0 Å². The molecule has 0 spiro atoms. The zero-order valence-corrected chi connectivity index (χ0v) is 14.3. The molecule has 1 fully saturated rings. The van der Waals surface area contributed by atoms with Gasteiger partial charge in [0.2, 0.25) is 0 Å². The van der Waals surface area contributed by atoms with Crippen molar-refractivity contribution >= 4 is 131 Å². The Hall–Kier alpha value is 4.37. The predicted molar refractivity (Wildman–Crippen MR) is 67.9 cm³/mol. The predicted octanol–water partition coefficient (Wildman–Crippen LogP) is -2.58. The Morgan fingerprint density at radius 2 is 0.909 bits per heavy atom. The Bertz CT molecular complexity index is 78.8. The van der Waals surface area contributed by atoms with E-state index in [0.717, 1.165) is 0 Å². The standard InChI is InChI=1S/B3S6.Li.Sr/c4-1-7-2(5)9-3(6)8-1;;/q-3;+1;+2. The van der Waals surface area contributed by atoms with Crippen molar-refractivity contribution in [3.63, 3.8) is 0 Å². The maximum Gasteiger partial charge on any atom is 2.00 e. The normalized spacial score (nSPS) is 17.2. The molecule has 0 saturated carbocycles. The molecule has 0 aliphatic carbocycles. The molecule has 0 aromatic rings. The van der Waals surface area contributed by atoms with Crippen LogP contribution in [-0.4, -0.2) is 59.1 Å². The molecule has 0 radical (unpaired) electrons. The smallest absolute Gasteiger partial charge is 0.803 e. The van der Waals surface area contributed by atoms with Gasteiger partial charge in [-0.15, -0.1) is 0 Å². The molecular formula is B3LiS6Sr. The summed E-state index contributed by atoms with van der Waals surface area (Å²) in [6, 6.07) is 0. The van der Waals surface area contributed by atoms with E-state index in [0.29, 0.717) is 0 Å². The minimum atomic E-state index is 0. The quantitative estimate of drug-likeness (QED) is 0.353. The van der Waals surface area contributed by atoms with Crippen LogP contribution in [0.4, 0.5) is 0 Å². The van der Waals surface area contributed by atoms with E-state index in [2.05, 4.69) is 0 Å². The van der Waals surface area contributed by atoms with Crippen molar-refractivity contribution in [2.24, 2.45) is 0 Å². The van der Waals surface area contributed by atoms with Crippen molar-refractivity contribution in [3.05, 3.63) is 0 Å². The largest absolute Gasteiger partial charge is 2.00 e. The zero-order chi connectivity index (χ0) is 6.85. The molecule has 11 heteroatoms. The van der Waals surface area contributed by atoms with E-state index in [9.17, 15) is 0 Å². The fourth-order valence-electron chi connectivity index (χ4n) is 0.368. The first-order valence-corrected chi connectivity index (χ1v) is 6.36. The minimum absolute atomic E-state index is 0. The molecule has 1 aliphatic rings. The second kappa shape index (κ2) is 9.59. The maximum atomic E-state index is 5.02. The Balaban J connectivity index is 0. The molecular weight excluding hydrogens is 319 g/mol. The van der Waals surface area contributed by atoms with E-state index in [1.54, 1.807) is 34.4 Å².